The molecule has 9 heteroatoms. The zero-order valence-electron chi connectivity index (χ0n) is 15.7. The molecule has 0 bridgehead atoms. The SMILES string of the molecule is CN(C)S(=O)(=O)Cn1cc(C=O)c(=O)c2cc(Cc3cccc(Cl)c3Cl)ccc21. The molecule has 1 aromatic heterocycles. The summed E-state index contributed by atoms with van der Waals surface area (Å²) >= 11 is 12.3. The van der Waals surface area contributed by atoms with Crippen molar-refractivity contribution in [3.05, 3.63) is 79.6 Å². The molecule has 3 aromatic rings. The maximum absolute atomic E-state index is 12.7. The Kier molecular flexibility index (Phi) is 6.14. The predicted molar refractivity (Wildman–Crippen MR) is 115 cm³/mol. The summed E-state index contributed by atoms with van der Waals surface area (Å²) < 4.78 is 27.1. The number of sulfonamides is 1. The molecular formula is C20H18Cl2N2O4S. The summed E-state index contributed by atoms with van der Waals surface area (Å²) in [4.78, 5) is 24.1. The second-order valence-corrected chi connectivity index (χ2v) is 9.70. The van der Waals surface area contributed by atoms with Crippen molar-refractivity contribution in [2.75, 3.05) is 14.1 Å². The molecule has 0 spiro atoms. The zero-order valence-corrected chi connectivity index (χ0v) is 18.1. The first-order chi connectivity index (χ1) is 13.6. The molecule has 152 valence electrons. The Hall–Kier alpha value is -2.19. The lowest BCUT2D eigenvalue weighted by Crippen LogP contribution is -2.27. The van der Waals surface area contributed by atoms with Crippen molar-refractivity contribution >= 4 is 50.4 Å². The second-order valence-electron chi connectivity index (χ2n) is 6.77. The first-order valence-electron chi connectivity index (χ1n) is 8.58. The number of hydrogen-bond acceptors (Lipinski definition) is 4. The van der Waals surface area contributed by atoms with Gasteiger partial charge < -0.3 is 4.57 Å². The van der Waals surface area contributed by atoms with E-state index in [0.717, 1.165) is 15.4 Å². The molecule has 0 amide bonds. The van der Waals surface area contributed by atoms with Crippen molar-refractivity contribution in [3.63, 3.8) is 0 Å². The highest BCUT2D eigenvalue weighted by Gasteiger charge is 2.18. The molecule has 6 nitrogen and oxygen atoms in total. The zero-order chi connectivity index (χ0) is 21.3. The van der Waals surface area contributed by atoms with E-state index in [1.165, 1.54) is 24.9 Å². The summed E-state index contributed by atoms with van der Waals surface area (Å²) in [6.07, 6.45) is 2.13. The molecule has 3 rings (SSSR count). The predicted octanol–water partition coefficient (Wildman–Crippen LogP) is 3.56. The minimum absolute atomic E-state index is 0.107. The second kappa shape index (κ2) is 8.28. The van der Waals surface area contributed by atoms with E-state index in [1.807, 2.05) is 6.07 Å². The summed E-state index contributed by atoms with van der Waals surface area (Å²) in [7, 11) is -0.755. The fourth-order valence-electron chi connectivity index (χ4n) is 2.96. The van der Waals surface area contributed by atoms with E-state index in [-0.39, 0.29) is 10.9 Å². The fraction of sp³-hybridized carbons (Fsp3) is 0.200. The quantitative estimate of drug-likeness (QED) is 0.535. The molecule has 0 N–H and O–H groups in total. The van der Waals surface area contributed by atoms with Crippen molar-refractivity contribution < 1.29 is 13.2 Å². The van der Waals surface area contributed by atoms with Crippen LogP contribution in [-0.4, -0.2) is 37.7 Å². The number of rotatable bonds is 6. The standard InChI is InChI=1S/C20H18Cl2N2O4S/c1-23(2)29(27,28)12-24-10-15(11-25)20(26)16-9-13(6-7-18(16)24)8-14-4-3-5-17(21)19(14)22/h3-7,9-11H,8,12H2,1-2H3. The van der Waals surface area contributed by atoms with Crippen LogP contribution in [-0.2, 0) is 22.3 Å². The summed E-state index contributed by atoms with van der Waals surface area (Å²) in [5.74, 6) is -0.392. The Balaban J connectivity index is 2.15. The topological polar surface area (TPSA) is 76.5 Å². The lowest BCUT2D eigenvalue weighted by molar-refractivity contribution is 0.112. The number of fused-ring (bicyclic) bond motifs is 1. The maximum Gasteiger partial charge on any atom is 0.232 e. The average molecular weight is 453 g/mol. The molecule has 29 heavy (non-hydrogen) atoms. The van der Waals surface area contributed by atoms with Crippen molar-refractivity contribution in [1.82, 2.24) is 8.87 Å². The molecule has 0 saturated heterocycles. The third-order valence-corrected chi connectivity index (χ3v) is 7.16. The minimum atomic E-state index is -3.60. The number of halogens is 2. The molecule has 2 aromatic carbocycles. The van der Waals surface area contributed by atoms with Gasteiger partial charge in [-0.2, -0.15) is 0 Å². The number of pyridine rings is 1. The molecule has 0 aliphatic carbocycles. The monoisotopic (exact) mass is 452 g/mol. The van der Waals surface area contributed by atoms with E-state index in [9.17, 15) is 18.0 Å². The van der Waals surface area contributed by atoms with E-state index in [4.69, 9.17) is 23.2 Å². The van der Waals surface area contributed by atoms with Crippen LogP contribution in [0, 0.1) is 0 Å². The van der Waals surface area contributed by atoms with Crippen molar-refractivity contribution in [1.29, 1.82) is 0 Å². The molecule has 0 aliphatic rings. The third kappa shape index (κ3) is 4.38. The van der Waals surface area contributed by atoms with Gasteiger partial charge in [0.1, 0.15) is 5.88 Å². The smallest absolute Gasteiger partial charge is 0.232 e. The summed E-state index contributed by atoms with van der Waals surface area (Å²) in [5, 5.41) is 1.13. The average Bonchev–Trinajstić information content (AvgIpc) is 2.67. The molecule has 0 fully saturated rings. The molecule has 0 radical (unpaired) electrons. The number of nitrogens with zero attached hydrogens (tertiary/aromatic N) is 2. The molecular weight excluding hydrogens is 435 g/mol. The third-order valence-electron chi connectivity index (χ3n) is 4.58. The number of carbonyl (C=O) groups is 1. The van der Waals surface area contributed by atoms with Gasteiger partial charge in [0.25, 0.3) is 0 Å². The molecule has 1 heterocycles. The highest BCUT2D eigenvalue weighted by atomic mass is 35.5. The van der Waals surface area contributed by atoms with Crippen LogP contribution in [0.5, 0.6) is 0 Å². The van der Waals surface area contributed by atoms with E-state index in [1.54, 1.807) is 30.3 Å². The van der Waals surface area contributed by atoms with Crippen LogP contribution in [0.2, 0.25) is 10.0 Å². The highest BCUT2D eigenvalue weighted by molar-refractivity contribution is 7.88. The van der Waals surface area contributed by atoms with Gasteiger partial charge in [0, 0.05) is 25.7 Å². The van der Waals surface area contributed by atoms with E-state index in [2.05, 4.69) is 0 Å². The lowest BCUT2D eigenvalue weighted by Gasteiger charge is -2.16. The fourth-order valence-corrected chi connectivity index (χ4v) is 4.15. The number of aromatic nitrogens is 1. The Bertz CT molecular complexity index is 1270. The Morgan fingerprint density at radius 2 is 1.86 bits per heavy atom. The number of aldehydes is 1. The van der Waals surface area contributed by atoms with Crippen LogP contribution < -0.4 is 5.43 Å². The van der Waals surface area contributed by atoms with Gasteiger partial charge in [0.05, 0.1) is 21.1 Å². The Morgan fingerprint density at radius 1 is 1.14 bits per heavy atom. The van der Waals surface area contributed by atoms with Crippen LogP contribution in [0.1, 0.15) is 21.5 Å². The Labute approximate surface area is 178 Å². The van der Waals surface area contributed by atoms with Gasteiger partial charge in [-0.3, -0.25) is 9.59 Å². The largest absolute Gasteiger partial charge is 0.330 e. The number of hydrogen-bond donors (Lipinski definition) is 0. The normalized spacial score (nSPS) is 11.9. The van der Waals surface area contributed by atoms with E-state index < -0.39 is 21.3 Å². The van der Waals surface area contributed by atoms with Crippen LogP contribution in [0.4, 0.5) is 0 Å². The van der Waals surface area contributed by atoms with Crippen LogP contribution in [0.15, 0.2) is 47.4 Å². The first-order valence-corrected chi connectivity index (χ1v) is 10.9. The van der Waals surface area contributed by atoms with Crippen LogP contribution in [0.3, 0.4) is 0 Å². The number of benzene rings is 2. The summed E-state index contributed by atoms with van der Waals surface area (Å²) in [6, 6.07) is 10.4. The van der Waals surface area contributed by atoms with E-state index in [0.29, 0.717) is 28.3 Å². The molecule has 0 unspecified atom stereocenters. The summed E-state index contributed by atoms with van der Waals surface area (Å²) in [5.41, 5.74) is 1.44. The van der Waals surface area contributed by atoms with Gasteiger partial charge >= 0.3 is 0 Å². The van der Waals surface area contributed by atoms with Crippen molar-refractivity contribution in [2.24, 2.45) is 0 Å². The first kappa shape index (κ1) is 21.5. The highest BCUT2D eigenvalue weighted by Crippen LogP contribution is 2.28. The van der Waals surface area contributed by atoms with Gasteiger partial charge in [0.15, 0.2) is 11.7 Å². The van der Waals surface area contributed by atoms with Crippen LogP contribution >= 0.6 is 23.2 Å². The maximum atomic E-state index is 12.7. The molecule has 0 aliphatic heterocycles. The van der Waals surface area contributed by atoms with Gasteiger partial charge in [-0.15, -0.1) is 0 Å². The molecule has 0 saturated carbocycles. The van der Waals surface area contributed by atoms with Gasteiger partial charge in [0.2, 0.25) is 10.0 Å². The van der Waals surface area contributed by atoms with Gasteiger partial charge in [-0.1, -0.05) is 41.4 Å². The van der Waals surface area contributed by atoms with Crippen molar-refractivity contribution in [2.45, 2.75) is 12.3 Å². The van der Waals surface area contributed by atoms with Crippen LogP contribution in [0.25, 0.3) is 10.9 Å². The van der Waals surface area contributed by atoms with Crippen molar-refractivity contribution in [3.8, 4) is 0 Å². The molecule has 0 atom stereocenters. The van der Waals surface area contributed by atoms with E-state index >= 15 is 0 Å². The summed E-state index contributed by atoms with van der Waals surface area (Å²) in [6.45, 7) is 0. The minimum Gasteiger partial charge on any atom is -0.330 e. The van der Waals surface area contributed by atoms with Gasteiger partial charge in [-0.05, 0) is 35.7 Å². The number of carbonyl (C=O) groups excluding carboxylic acids is 1. The van der Waals surface area contributed by atoms with Gasteiger partial charge in [-0.25, -0.2) is 12.7 Å². The lowest BCUT2D eigenvalue weighted by atomic mass is 10.0. The Morgan fingerprint density at radius 3 is 2.52 bits per heavy atom.